The Balaban J connectivity index is 1.83. The van der Waals surface area contributed by atoms with Crippen LogP contribution in [0.3, 0.4) is 0 Å². The normalized spacial score (nSPS) is 11.5. The maximum absolute atomic E-state index is 13.6. The van der Waals surface area contributed by atoms with E-state index in [2.05, 4.69) is 15.1 Å². The predicted molar refractivity (Wildman–Crippen MR) is 126 cm³/mol. The van der Waals surface area contributed by atoms with Crippen LogP contribution in [0.15, 0.2) is 45.6 Å². The van der Waals surface area contributed by atoms with Crippen LogP contribution in [0, 0.1) is 38.7 Å². The van der Waals surface area contributed by atoms with E-state index in [0.717, 1.165) is 4.73 Å². The number of anilines is 1. The van der Waals surface area contributed by atoms with Crippen molar-refractivity contribution in [3.63, 3.8) is 0 Å². The minimum absolute atomic E-state index is 0.0713. The lowest BCUT2D eigenvalue weighted by molar-refractivity contribution is -0.619. The first kappa shape index (κ1) is 22.3. The molecule has 0 unspecified atom stereocenters. The Hall–Kier alpha value is -4.54. The lowest BCUT2D eigenvalue weighted by atomic mass is 9.99. The molecule has 0 aliphatic carbocycles. The highest BCUT2D eigenvalue weighted by Crippen LogP contribution is 2.34. The molecule has 0 saturated carbocycles. The fourth-order valence-electron chi connectivity index (χ4n) is 4.18. The standard InChI is InChI=1S/C24H22FN7O3/c1-12-9-17(10-13(2)32(12)34)20-21(16-5-7-18(25)8-6-16)28-23(26)31-22(20)29-30(24(31)33)11-19-14(3)35-15(4)27-19/h5-10H,11H2,1-4H3,(H2,26,28). The Morgan fingerprint density at radius 2 is 1.71 bits per heavy atom. The quantitative estimate of drug-likeness (QED) is 0.312. The van der Waals surface area contributed by atoms with Gasteiger partial charge in [0.15, 0.2) is 22.9 Å². The molecule has 0 radical (unpaired) electrons. The van der Waals surface area contributed by atoms with Crippen LogP contribution in [-0.2, 0) is 6.54 Å². The Labute approximate surface area is 198 Å². The second-order valence-corrected chi connectivity index (χ2v) is 8.36. The van der Waals surface area contributed by atoms with Crippen molar-refractivity contribution in [3.05, 3.63) is 86.6 Å². The molecular weight excluding hydrogens is 453 g/mol. The molecule has 0 spiro atoms. The zero-order valence-electron chi connectivity index (χ0n) is 19.5. The summed E-state index contributed by atoms with van der Waals surface area (Å²) < 4.78 is 22.4. The number of hydrogen-bond donors (Lipinski definition) is 1. The largest absolute Gasteiger partial charge is 0.618 e. The van der Waals surface area contributed by atoms with E-state index < -0.39 is 11.5 Å². The third-order valence-electron chi connectivity index (χ3n) is 5.83. The minimum Gasteiger partial charge on any atom is -0.618 e. The van der Waals surface area contributed by atoms with Crippen molar-refractivity contribution < 1.29 is 13.5 Å². The first-order valence-corrected chi connectivity index (χ1v) is 10.8. The van der Waals surface area contributed by atoms with Crippen LogP contribution in [0.5, 0.6) is 0 Å². The molecule has 10 nitrogen and oxygen atoms in total. The van der Waals surface area contributed by atoms with Gasteiger partial charge >= 0.3 is 5.69 Å². The second kappa shape index (κ2) is 8.05. The summed E-state index contributed by atoms with van der Waals surface area (Å²) in [6, 6.07) is 9.15. The van der Waals surface area contributed by atoms with Gasteiger partial charge in [-0.2, -0.15) is 4.73 Å². The first-order valence-electron chi connectivity index (χ1n) is 10.8. The van der Waals surface area contributed by atoms with Crippen molar-refractivity contribution in [1.29, 1.82) is 0 Å². The number of aryl methyl sites for hydroxylation is 4. The number of rotatable bonds is 4. The maximum atomic E-state index is 13.6. The van der Waals surface area contributed by atoms with Crippen LogP contribution < -0.4 is 16.2 Å². The Morgan fingerprint density at radius 3 is 2.31 bits per heavy atom. The van der Waals surface area contributed by atoms with E-state index in [9.17, 15) is 14.4 Å². The lowest BCUT2D eigenvalue weighted by Crippen LogP contribution is -2.33. The molecule has 5 aromatic rings. The van der Waals surface area contributed by atoms with Crippen LogP contribution in [-0.4, -0.2) is 24.1 Å². The molecule has 1 aromatic carbocycles. The van der Waals surface area contributed by atoms with E-state index in [1.807, 2.05) is 0 Å². The average molecular weight is 475 g/mol. The molecule has 0 fully saturated rings. The van der Waals surface area contributed by atoms with Crippen molar-refractivity contribution in [3.8, 4) is 22.4 Å². The average Bonchev–Trinajstić information content (AvgIpc) is 3.30. The molecule has 4 heterocycles. The minimum atomic E-state index is -0.500. The second-order valence-electron chi connectivity index (χ2n) is 8.36. The summed E-state index contributed by atoms with van der Waals surface area (Å²) in [5.74, 6) is 0.590. The highest BCUT2D eigenvalue weighted by Gasteiger charge is 2.24. The van der Waals surface area contributed by atoms with Crippen molar-refractivity contribution in [2.45, 2.75) is 34.2 Å². The van der Waals surface area contributed by atoms with E-state index >= 15 is 0 Å². The number of oxazole rings is 1. The topological polar surface area (TPSA) is 131 Å². The van der Waals surface area contributed by atoms with E-state index in [-0.39, 0.29) is 18.1 Å². The van der Waals surface area contributed by atoms with Gasteiger partial charge in [0.05, 0.1) is 17.8 Å². The van der Waals surface area contributed by atoms with Crippen molar-refractivity contribution in [2.75, 3.05) is 5.73 Å². The molecule has 0 aliphatic heterocycles. The fraction of sp³-hybridized carbons (Fsp3) is 0.208. The van der Waals surface area contributed by atoms with E-state index in [1.165, 1.54) is 21.2 Å². The van der Waals surface area contributed by atoms with Crippen LogP contribution in [0.1, 0.15) is 28.7 Å². The summed E-state index contributed by atoms with van der Waals surface area (Å²) in [6.07, 6.45) is 0. The third kappa shape index (κ3) is 3.70. The van der Waals surface area contributed by atoms with Gasteiger partial charge in [-0.15, -0.1) is 5.10 Å². The Morgan fingerprint density at radius 1 is 1.06 bits per heavy atom. The van der Waals surface area contributed by atoms with Crippen LogP contribution in [0.4, 0.5) is 10.3 Å². The van der Waals surface area contributed by atoms with Gasteiger partial charge in [0.25, 0.3) is 0 Å². The van der Waals surface area contributed by atoms with Gasteiger partial charge < -0.3 is 15.4 Å². The molecule has 0 bridgehead atoms. The number of nitrogens with zero attached hydrogens (tertiary/aromatic N) is 6. The van der Waals surface area contributed by atoms with Gasteiger partial charge in [0, 0.05) is 44.0 Å². The molecule has 178 valence electrons. The lowest BCUT2D eigenvalue weighted by Gasteiger charge is -2.13. The van der Waals surface area contributed by atoms with Crippen molar-refractivity contribution in [1.82, 2.24) is 24.1 Å². The molecule has 4 aromatic heterocycles. The predicted octanol–water partition coefficient (Wildman–Crippen LogP) is 2.85. The number of halogens is 1. The van der Waals surface area contributed by atoms with Gasteiger partial charge in [-0.1, -0.05) is 0 Å². The summed E-state index contributed by atoms with van der Waals surface area (Å²) in [5, 5.41) is 16.9. The highest BCUT2D eigenvalue weighted by atomic mass is 19.1. The maximum Gasteiger partial charge on any atom is 0.353 e. The van der Waals surface area contributed by atoms with Crippen molar-refractivity contribution >= 4 is 11.6 Å². The number of benzene rings is 1. The fourth-order valence-corrected chi connectivity index (χ4v) is 4.18. The molecule has 0 atom stereocenters. The smallest absolute Gasteiger partial charge is 0.353 e. The SMILES string of the molecule is Cc1nc(Cn2nc3c(-c4cc(C)[n+]([O-])c(C)c4)c(-c4ccc(F)cc4)nc(N)n3c2=O)c(C)o1. The summed E-state index contributed by atoms with van der Waals surface area (Å²) in [7, 11) is 0. The summed E-state index contributed by atoms with van der Waals surface area (Å²) in [4.78, 5) is 22.2. The molecule has 0 saturated heterocycles. The summed E-state index contributed by atoms with van der Waals surface area (Å²) in [6.45, 7) is 6.92. The van der Waals surface area contributed by atoms with Gasteiger partial charge in [0.2, 0.25) is 5.95 Å². The van der Waals surface area contributed by atoms with Crippen LogP contribution >= 0.6 is 0 Å². The van der Waals surface area contributed by atoms with E-state index in [1.54, 1.807) is 52.0 Å². The first-order chi connectivity index (χ1) is 16.6. The zero-order valence-corrected chi connectivity index (χ0v) is 19.5. The van der Waals surface area contributed by atoms with Crippen LogP contribution in [0.2, 0.25) is 0 Å². The van der Waals surface area contributed by atoms with Crippen LogP contribution in [0.25, 0.3) is 28.0 Å². The van der Waals surface area contributed by atoms with Crippen molar-refractivity contribution in [2.24, 2.45) is 0 Å². The van der Waals surface area contributed by atoms with E-state index in [0.29, 0.717) is 51.1 Å². The zero-order chi connectivity index (χ0) is 25.0. The molecular formula is C24H22FN7O3. The Kier molecular flexibility index (Phi) is 5.12. The van der Waals surface area contributed by atoms with Gasteiger partial charge in [-0.25, -0.2) is 28.2 Å². The molecule has 5 rings (SSSR count). The summed E-state index contributed by atoms with van der Waals surface area (Å²) >= 11 is 0. The number of nitrogen functional groups attached to an aromatic ring is 1. The molecule has 0 aliphatic rings. The molecule has 11 heteroatoms. The van der Waals surface area contributed by atoms with Gasteiger partial charge in [-0.3, -0.25) is 0 Å². The van der Waals surface area contributed by atoms with Gasteiger partial charge in [0.1, 0.15) is 17.3 Å². The highest BCUT2D eigenvalue weighted by molar-refractivity contribution is 5.90. The number of aromatic nitrogens is 6. The number of nitrogens with two attached hydrogens (primary N) is 1. The summed E-state index contributed by atoms with van der Waals surface area (Å²) in [5.41, 5.74) is 9.55. The third-order valence-corrected chi connectivity index (χ3v) is 5.83. The van der Waals surface area contributed by atoms with Gasteiger partial charge in [-0.05, 0) is 31.2 Å². The number of fused-ring (bicyclic) bond motifs is 1. The number of hydrogen-bond acceptors (Lipinski definition) is 7. The number of pyridine rings is 1. The molecule has 2 N–H and O–H groups in total. The molecule has 35 heavy (non-hydrogen) atoms. The monoisotopic (exact) mass is 475 g/mol. The Bertz CT molecular complexity index is 1640. The van der Waals surface area contributed by atoms with E-state index in [4.69, 9.17) is 10.2 Å². The molecule has 0 amide bonds.